The van der Waals surface area contributed by atoms with Crippen molar-refractivity contribution in [2.75, 3.05) is 0 Å². The Morgan fingerprint density at radius 2 is 1.68 bits per heavy atom. The molecule has 0 spiro atoms. The SMILES string of the molecule is N[C@H](C(=O)n1cc2ccccc2c1)C1CCCCC1. The van der Waals surface area contributed by atoms with Gasteiger partial charge in [0.2, 0.25) is 5.91 Å². The lowest BCUT2D eigenvalue weighted by Crippen LogP contribution is -2.41. The molecule has 19 heavy (non-hydrogen) atoms. The first-order valence-electron chi connectivity index (χ1n) is 7.12. The molecule has 0 unspecified atom stereocenters. The van der Waals surface area contributed by atoms with Crippen molar-refractivity contribution in [1.29, 1.82) is 0 Å². The summed E-state index contributed by atoms with van der Waals surface area (Å²) in [5, 5.41) is 2.18. The molecule has 0 amide bonds. The maximum atomic E-state index is 12.5. The van der Waals surface area contributed by atoms with Crippen LogP contribution in [0.2, 0.25) is 0 Å². The van der Waals surface area contributed by atoms with Crippen LogP contribution in [0, 0.1) is 5.92 Å². The molecule has 1 aromatic carbocycles. The number of nitrogens with two attached hydrogens (primary N) is 1. The highest BCUT2D eigenvalue weighted by Crippen LogP contribution is 2.26. The highest BCUT2D eigenvalue weighted by Gasteiger charge is 2.27. The topological polar surface area (TPSA) is 48.0 Å². The number of aromatic nitrogens is 1. The average Bonchev–Trinajstić information content (AvgIpc) is 2.90. The van der Waals surface area contributed by atoms with Crippen LogP contribution >= 0.6 is 0 Å². The fourth-order valence-electron chi connectivity index (χ4n) is 3.08. The van der Waals surface area contributed by atoms with E-state index in [1.165, 1.54) is 19.3 Å². The first kappa shape index (κ1) is 12.4. The average molecular weight is 256 g/mol. The Kier molecular flexibility index (Phi) is 3.38. The summed E-state index contributed by atoms with van der Waals surface area (Å²) in [5.41, 5.74) is 6.18. The molecule has 1 aliphatic rings. The van der Waals surface area contributed by atoms with Crippen molar-refractivity contribution >= 4 is 16.7 Å². The van der Waals surface area contributed by atoms with Crippen LogP contribution in [-0.4, -0.2) is 16.5 Å². The molecule has 1 aromatic heterocycles. The van der Waals surface area contributed by atoms with Gasteiger partial charge in [0.15, 0.2) is 0 Å². The molecule has 0 saturated heterocycles. The fraction of sp³-hybridized carbons (Fsp3) is 0.438. The summed E-state index contributed by atoms with van der Waals surface area (Å²) in [5.74, 6) is 0.384. The molecule has 0 radical (unpaired) electrons. The molecule has 3 rings (SSSR count). The molecular formula is C16H20N2O. The van der Waals surface area contributed by atoms with E-state index in [2.05, 4.69) is 0 Å². The zero-order valence-corrected chi connectivity index (χ0v) is 11.1. The Morgan fingerprint density at radius 3 is 2.26 bits per heavy atom. The van der Waals surface area contributed by atoms with Crippen LogP contribution in [0.25, 0.3) is 10.8 Å². The van der Waals surface area contributed by atoms with Crippen molar-refractivity contribution in [2.24, 2.45) is 11.7 Å². The maximum absolute atomic E-state index is 12.5. The Balaban J connectivity index is 1.82. The second kappa shape index (κ2) is 5.17. The zero-order chi connectivity index (χ0) is 13.2. The van der Waals surface area contributed by atoms with Crippen LogP contribution in [0.1, 0.15) is 36.9 Å². The van der Waals surface area contributed by atoms with Crippen LogP contribution in [-0.2, 0) is 0 Å². The molecule has 1 fully saturated rings. The molecule has 100 valence electrons. The summed E-state index contributed by atoms with van der Waals surface area (Å²) in [4.78, 5) is 12.5. The third-order valence-corrected chi connectivity index (χ3v) is 4.25. The molecular weight excluding hydrogens is 236 g/mol. The summed E-state index contributed by atoms with van der Waals surface area (Å²) >= 11 is 0. The number of fused-ring (bicyclic) bond motifs is 1. The van der Waals surface area contributed by atoms with E-state index in [-0.39, 0.29) is 11.9 Å². The van der Waals surface area contributed by atoms with Gasteiger partial charge in [-0.05, 0) is 29.5 Å². The van der Waals surface area contributed by atoms with E-state index >= 15 is 0 Å². The Bertz CT molecular complexity index is 548. The van der Waals surface area contributed by atoms with Gasteiger partial charge in [-0.2, -0.15) is 0 Å². The summed E-state index contributed by atoms with van der Waals surface area (Å²) in [6.45, 7) is 0. The molecule has 3 heteroatoms. The Labute approximate surface area is 113 Å². The van der Waals surface area contributed by atoms with Crippen LogP contribution in [0.3, 0.4) is 0 Å². The van der Waals surface area contributed by atoms with E-state index in [4.69, 9.17) is 5.73 Å². The number of hydrogen-bond donors (Lipinski definition) is 1. The number of carbonyl (C=O) groups is 1. The molecule has 1 aliphatic carbocycles. The van der Waals surface area contributed by atoms with Crippen molar-refractivity contribution in [3.63, 3.8) is 0 Å². The van der Waals surface area contributed by atoms with Crippen molar-refractivity contribution in [3.05, 3.63) is 36.7 Å². The Morgan fingerprint density at radius 1 is 1.11 bits per heavy atom. The monoisotopic (exact) mass is 256 g/mol. The third kappa shape index (κ3) is 2.43. The predicted molar refractivity (Wildman–Crippen MR) is 77.1 cm³/mol. The van der Waals surface area contributed by atoms with E-state index in [1.54, 1.807) is 4.57 Å². The molecule has 0 bridgehead atoms. The van der Waals surface area contributed by atoms with Crippen LogP contribution < -0.4 is 5.73 Å². The minimum absolute atomic E-state index is 0.0306. The van der Waals surface area contributed by atoms with E-state index in [1.807, 2.05) is 36.7 Å². The van der Waals surface area contributed by atoms with Gasteiger partial charge in [-0.15, -0.1) is 0 Å². The van der Waals surface area contributed by atoms with Crippen LogP contribution in [0.5, 0.6) is 0 Å². The predicted octanol–water partition coefficient (Wildman–Crippen LogP) is 3.19. The Hall–Kier alpha value is -1.61. The van der Waals surface area contributed by atoms with E-state index in [9.17, 15) is 4.79 Å². The van der Waals surface area contributed by atoms with Gasteiger partial charge >= 0.3 is 0 Å². The zero-order valence-electron chi connectivity index (χ0n) is 11.1. The van der Waals surface area contributed by atoms with Gasteiger partial charge in [-0.1, -0.05) is 43.5 Å². The summed E-state index contributed by atoms with van der Waals surface area (Å²) in [6, 6.07) is 7.65. The van der Waals surface area contributed by atoms with Gasteiger partial charge < -0.3 is 5.73 Å². The standard InChI is InChI=1S/C16H20N2O/c17-15(12-6-2-1-3-7-12)16(19)18-10-13-8-4-5-9-14(13)11-18/h4-5,8-12,15H,1-3,6-7,17H2/t15-/m0/s1. The van der Waals surface area contributed by atoms with Crippen molar-refractivity contribution in [1.82, 2.24) is 4.57 Å². The number of hydrogen-bond acceptors (Lipinski definition) is 2. The molecule has 2 aromatic rings. The van der Waals surface area contributed by atoms with E-state index in [0.29, 0.717) is 5.92 Å². The first-order chi connectivity index (χ1) is 9.25. The van der Waals surface area contributed by atoms with Gasteiger partial charge in [0.1, 0.15) is 0 Å². The minimum atomic E-state index is -0.359. The minimum Gasteiger partial charge on any atom is -0.320 e. The van der Waals surface area contributed by atoms with Gasteiger partial charge in [0, 0.05) is 12.4 Å². The van der Waals surface area contributed by atoms with Gasteiger partial charge in [-0.3, -0.25) is 9.36 Å². The number of rotatable bonds is 2. The van der Waals surface area contributed by atoms with Crippen LogP contribution in [0.15, 0.2) is 36.7 Å². The smallest absolute Gasteiger partial charge is 0.247 e. The second-order valence-corrected chi connectivity index (χ2v) is 5.56. The lowest BCUT2D eigenvalue weighted by atomic mass is 9.84. The highest BCUT2D eigenvalue weighted by atomic mass is 16.2. The number of benzene rings is 1. The molecule has 2 N–H and O–H groups in total. The fourth-order valence-corrected chi connectivity index (χ4v) is 3.08. The van der Waals surface area contributed by atoms with Gasteiger partial charge in [-0.25, -0.2) is 0 Å². The third-order valence-electron chi connectivity index (χ3n) is 4.25. The molecule has 0 aliphatic heterocycles. The van der Waals surface area contributed by atoms with E-state index < -0.39 is 0 Å². The molecule has 3 nitrogen and oxygen atoms in total. The van der Waals surface area contributed by atoms with Gasteiger partial charge in [0.25, 0.3) is 0 Å². The van der Waals surface area contributed by atoms with Crippen LogP contribution in [0.4, 0.5) is 0 Å². The van der Waals surface area contributed by atoms with Crippen molar-refractivity contribution in [3.8, 4) is 0 Å². The molecule has 1 atom stereocenters. The van der Waals surface area contributed by atoms with Gasteiger partial charge in [0.05, 0.1) is 6.04 Å². The summed E-state index contributed by atoms with van der Waals surface area (Å²) < 4.78 is 1.67. The highest BCUT2D eigenvalue weighted by molar-refractivity contribution is 5.91. The number of carbonyl (C=O) groups excluding carboxylic acids is 1. The van der Waals surface area contributed by atoms with Crippen molar-refractivity contribution < 1.29 is 4.79 Å². The summed E-state index contributed by atoms with van der Waals surface area (Å²) in [7, 11) is 0. The largest absolute Gasteiger partial charge is 0.320 e. The lowest BCUT2D eigenvalue weighted by Gasteiger charge is -2.26. The summed E-state index contributed by atoms with van der Waals surface area (Å²) in [6.07, 6.45) is 9.66. The van der Waals surface area contributed by atoms with Crippen molar-refractivity contribution in [2.45, 2.75) is 38.1 Å². The lowest BCUT2D eigenvalue weighted by molar-refractivity contribution is 0.0832. The maximum Gasteiger partial charge on any atom is 0.247 e. The normalized spacial score (nSPS) is 18.6. The second-order valence-electron chi connectivity index (χ2n) is 5.56. The quantitative estimate of drug-likeness (QED) is 0.897. The molecule has 1 saturated carbocycles. The first-order valence-corrected chi connectivity index (χ1v) is 7.12. The number of nitrogens with zero attached hydrogens (tertiary/aromatic N) is 1. The molecule has 1 heterocycles. The van der Waals surface area contributed by atoms with E-state index in [0.717, 1.165) is 23.6 Å².